The van der Waals surface area contributed by atoms with Crippen LogP contribution in [0.5, 0.6) is 5.75 Å². The highest BCUT2D eigenvalue weighted by Crippen LogP contribution is 2.42. The molecule has 2 aliphatic heterocycles. The Balaban J connectivity index is 1.52. The molecule has 0 radical (unpaired) electrons. The number of carbonyl (C=O) groups is 1. The molecule has 0 bridgehead atoms. The van der Waals surface area contributed by atoms with Crippen molar-refractivity contribution in [3.8, 4) is 5.75 Å². The molecule has 6 nitrogen and oxygen atoms in total. The molecule has 0 saturated carbocycles. The average Bonchev–Trinajstić information content (AvgIpc) is 3.01. The molecule has 1 aromatic heterocycles. The molecule has 2 fully saturated rings. The lowest BCUT2D eigenvalue weighted by Gasteiger charge is -2.34. The Morgan fingerprint density at radius 1 is 1.42 bits per heavy atom. The lowest BCUT2D eigenvalue weighted by Crippen LogP contribution is -2.44. The first-order valence-corrected chi connectivity index (χ1v) is 9.17. The van der Waals surface area contributed by atoms with Gasteiger partial charge in [0.05, 0.1) is 29.8 Å². The summed E-state index contributed by atoms with van der Waals surface area (Å²) in [6.07, 6.45) is 0.592. The van der Waals surface area contributed by atoms with Gasteiger partial charge in [-0.2, -0.15) is 0 Å². The third-order valence-corrected chi connectivity index (χ3v) is 5.62. The van der Waals surface area contributed by atoms with E-state index in [1.807, 2.05) is 31.2 Å². The zero-order valence-electron chi connectivity index (χ0n) is 15.0. The highest BCUT2D eigenvalue weighted by molar-refractivity contribution is 5.80. The van der Waals surface area contributed by atoms with Gasteiger partial charge in [-0.05, 0) is 37.6 Å². The standard InChI is InChI=1S/C20H24N2O4/c1-2-26-17-5-6-18-14(9-17)3-4-16(21-18)11-22-10-15-12-25-8-7-20(15,13-22)19(23)24/h3-6,9,15H,2,7-8,10-13H2,1H3,(H,23,24)/t15-,20+/m1/s1. The molecule has 1 aromatic carbocycles. The SMILES string of the molecule is CCOc1ccc2nc(CN3C[C@@H]4COCC[C@]4(C(=O)O)C3)ccc2c1. The number of fused-ring (bicyclic) bond motifs is 2. The van der Waals surface area contributed by atoms with Crippen LogP contribution in [-0.4, -0.2) is 53.9 Å². The zero-order chi connectivity index (χ0) is 18.1. The van der Waals surface area contributed by atoms with E-state index in [0.29, 0.717) is 39.3 Å². The van der Waals surface area contributed by atoms with Gasteiger partial charge < -0.3 is 14.6 Å². The van der Waals surface area contributed by atoms with Crippen molar-refractivity contribution in [2.24, 2.45) is 11.3 Å². The largest absolute Gasteiger partial charge is 0.494 e. The van der Waals surface area contributed by atoms with E-state index in [1.54, 1.807) is 0 Å². The van der Waals surface area contributed by atoms with Crippen LogP contribution in [0.15, 0.2) is 30.3 Å². The first-order chi connectivity index (χ1) is 12.6. The van der Waals surface area contributed by atoms with E-state index in [0.717, 1.165) is 28.9 Å². The van der Waals surface area contributed by atoms with Gasteiger partial charge in [0, 0.05) is 37.5 Å². The summed E-state index contributed by atoms with van der Waals surface area (Å²) < 4.78 is 11.1. The van der Waals surface area contributed by atoms with E-state index in [9.17, 15) is 9.90 Å². The van der Waals surface area contributed by atoms with Gasteiger partial charge in [-0.15, -0.1) is 0 Å². The van der Waals surface area contributed by atoms with Crippen molar-refractivity contribution in [2.45, 2.75) is 19.9 Å². The van der Waals surface area contributed by atoms with Gasteiger partial charge in [-0.3, -0.25) is 14.7 Å². The number of rotatable bonds is 5. The van der Waals surface area contributed by atoms with Crippen molar-refractivity contribution >= 4 is 16.9 Å². The first-order valence-electron chi connectivity index (χ1n) is 9.17. The highest BCUT2D eigenvalue weighted by Gasteiger charge is 2.53. The molecule has 2 aliphatic rings. The number of nitrogens with zero attached hydrogens (tertiary/aromatic N) is 2. The smallest absolute Gasteiger partial charge is 0.311 e. The Labute approximate surface area is 152 Å². The summed E-state index contributed by atoms with van der Waals surface area (Å²) in [5, 5.41) is 10.8. The molecule has 2 saturated heterocycles. The maximum atomic E-state index is 11.9. The van der Waals surface area contributed by atoms with E-state index >= 15 is 0 Å². The van der Waals surface area contributed by atoms with E-state index in [4.69, 9.17) is 14.5 Å². The maximum Gasteiger partial charge on any atom is 0.311 e. The van der Waals surface area contributed by atoms with Crippen molar-refractivity contribution in [1.82, 2.24) is 9.88 Å². The molecule has 1 N–H and O–H groups in total. The predicted octanol–water partition coefficient (Wildman–Crippen LogP) is 2.56. The molecule has 4 rings (SSSR count). The van der Waals surface area contributed by atoms with Gasteiger partial charge >= 0.3 is 5.97 Å². The lowest BCUT2D eigenvalue weighted by molar-refractivity contribution is -0.157. The van der Waals surface area contributed by atoms with Gasteiger partial charge in [0.2, 0.25) is 0 Å². The average molecular weight is 356 g/mol. The topological polar surface area (TPSA) is 71.9 Å². The predicted molar refractivity (Wildman–Crippen MR) is 97.2 cm³/mol. The summed E-state index contributed by atoms with van der Waals surface area (Å²) in [5.74, 6) is 0.216. The molecule has 0 unspecified atom stereocenters. The normalized spacial score (nSPS) is 26.0. The van der Waals surface area contributed by atoms with Crippen molar-refractivity contribution in [3.05, 3.63) is 36.0 Å². The molecule has 2 atom stereocenters. The number of carboxylic acid groups (broad SMARTS) is 1. The van der Waals surface area contributed by atoms with Crippen molar-refractivity contribution < 1.29 is 19.4 Å². The van der Waals surface area contributed by atoms with E-state index in [1.165, 1.54) is 0 Å². The fraction of sp³-hybridized carbons (Fsp3) is 0.500. The number of hydrogen-bond acceptors (Lipinski definition) is 5. The van der Waals surface area contributed by atoms with Crippen molar-refractivity contribution in [3.63, 3.8) is 0 Å². The Morgan fingerprint density at radius 3 is 3.08 bits per heavy atom. The van der Waals surface area contributed by atoms with Gasteiger partial charge in [-0.25, -0.2) is 0 Å². The quantitative estimate of drug-likeness (QED) is 0.888. The summed E-state index contributed by atoms with van der Waals surface area (Å²) in [6.45, 7) is 5.65. The zero-order valence-corrected chi connectivity index (χ0v) is 15.0. The maximum absolute atomic E-state index is 11.9. The van der Waals surface area contributed by atoms with Crippen LogP contribution in [0, 0.1) is 11.3 Å². The number of benzene rings is 1. The third kappa shape index (κ3) is 3.04. The summed E-state index contributed by atoms with van der Waals surface area (Å²) in [5.41, 5.74) is 1.22. The number of pyridine rings is 1. The Morgan fingerprint density at radius 2 is 2.31 bits per heavy atom. The number of aromatic nitrogens is 1. The third-order valence-electron chi connectivity index (χ3n) is 5.62. The number of likely N-dealkylation sites (tertiary alicyclic amines) is 1. The van der Waals surface area contributed by atoms with Crippen LogP contribution in [0.3, 0.4) is 0 Å². The van der Waals surface area contributed by atoms with Gasteiger partial charge in [0.15, 0.2) is 0 Å². The van der Waals surface area contributed by atoms with Crippen LogP contribution in [0.25, 0.3) is 10.9 Å². The van der Waals surface area contributed by atoms with Gasteiger partial charge in [0.25, 0.3) is 0 Å². The second kappa shape index (κ2) is 6.85. The van der Waals surface area contributed by atoms with E-state index < -0.39 is 11.4 Å². The Bertz CT molecular complexity index is 825. The number of ether oxygens (including phenoxy) is 2. The summed E-state index contributed by atoms with van der Waals surface area (Å²) >= 11 is 0. The van der Waals surface area contributed by atoms with Gasteiger partial charge in [0.1, 0.15) is 5.75 Å². The fourth-order valence-electron chi connectivity index (χ4n) is 4.24. The van der Waals surface area contributed by atoms with Crippen LogP contribution < -0.4 is 4.74 Å². The lowest BCUT2D eigenvalue weighted by atomic mass is 9.74. The molecule has 138 valence electrons. The van der Waals surface area contributed by atoms with Gasteiger partial charge in [-0.1, -0.05) is 6.07 Å². The fourth-order valence-corrected chi connectivity index (χ4v) is 4.24. The second-order valence-corrected chi connectivity index (χ2v) is 7.24. The number of aliphatic carboxylic acids is 1. The minimum Gasteiger partial charge on any atom is -0.494 e. The summed E-state index contributed by atoms with van der Waals surface area (Å²) in [6, 6.07) is 9.98. The van der Waals surface area contributed by atoms with Crippen molar-refractivity contribution in [2.75, 3.05) is 32.9 Å². The molecular weight excluding hydrogens is 332 g/mol. The Hall–Kier alpha value is -2.18. The number of carboxylic acids is 1. The minimum absolute atomic E-state index is 0.0583. The first kappa shape index (κ1) is 17.2. The van der Waals surface area contributed by atoms with Crippen molar-refractivity contribution in [1.29, 1.82) is 0 Å². The summed E-state index contributed by atoms with van der Waals surface area (Å²) in [7, 11) is 0. The molecule has 6 heteroatoms. The number of hydrogen-bond donors (Lipinski definition) is 1. The Kier molecular flexibility index (Phi) is 4.54. The summed E-state index contributed by atoms with van der Waals surface area (Å²) in [4.78, 5) is 18.9. The molecule has 0 amide bonds. The van der Waals surface area contributed by atoms with Crippen LogP contribution in [-0.2, 0) is 16.1 Å². The van der Waals surface area contributed by atoms with E-state index in [2.05, 4.69) is 11.0 Å². The molecule has 3 heterocycles. The molecule has 2 aromatic rings. The highest BCUT2D eigenvalue weighted by atomic mass is 16.5. The second-order valence-electron chi connectivity index (χ2n) is 7.24. The van der Waals surface area contributed by atoms with Crippen LogP contribution in [0.1, 0.15) is 19.0 Å². The van der Waals surface area contributed by atoms with E-state index in [-0.39, 0.29) is 5.92 Å². The molecule has 26 heavy (non-hydrogen) atoms. The van der Waals surface area contributed by atoms with Crippen LogP contribution >= 0.6 is 0 Å². The molecule has 0 aliphatic carbocycles. The molecular formula is C20H24N2O4. The minimum atomic E-state index is -0.691. The van der Waals surface area contributed by atoms with Crippen LogP contribution in [0.2, 0.25) is 0 Å². The molecule has 0 spiro atoms. The monoisotopic (exact) mass is 356 g/mol. The van der Waals surface area contributed by atoms with Crippen LogP contribution in [0.4, 0.5) is 0 Å².